The van der Waals surface area contributed by atoms with E-state index in [2.05, 4.69) is 11.7 Å². The lowest BCUT2D eigenvalue weighted by Crippen LogP contribution is -2.37. The van der Waals surface area contributed by atoms with Crippen LogP contribution in [0.5, 0.6) is 0 Å². The molecule has 0 aliphatic heterocycles. The van der Waals surface area contributed by atoms with Crippen LogP contribution in [0.1, 0.15) is 78.6 Å². The fourth-order valence-electron chi connectivity index (χ4n) is 4.70. The van der Waals surface area contributed by atoms with Crippen LogP contribution in [0.3, 0.4) is 0 Å². The summed E-state index contributed by atoms with van der Waals surface area (Å²) >= 11 is 0. The maximum atomic E-state index is 14.7. The van der Waals surface area contributed by atoms with E-state index in [-0.39, 0.29) is 12.8 Å². The van der Waals surface area contributed by atoms with Crippen molar-refractivity contribution in [2.24, 2.45) is 23.7 Å². The third kappa shape index (κ3) is 7.53. The lowest BCUT2D eigenvalue weighted by atomic mass is 9.69. The minimum atomic E-state index is -4.67. The predicted molar refractivity (Wildman–Crippen MR) is 98.2 cm³/mol. The lowest BCUT2D eigenvalue weighted by Gasteiger charge is -2.38. The fraction of sp³-hybridized carbons (Fsp3) is 0.952. The molecule has 5 atom stereocenters. The van der Waals surface area contributed by atoms with Gasteiger partial charge in [-0.3, -0.25) is 9.53 Å². The van der Waals surface area contributed by atoms with E-state index in [1.54, 1.807) is 6.92 Å². The van der Waals surface area contributed by atoms with Gasteiger partial charge in [-0.25, -0.2) is 4.39 Å². The van der Waals surface area contributed by atoms with E-state index in [9.17, 15) is 22.4 Å². The normalized spacial score (nSPS) is 33.9. The first-order valence-electron chi connectivity index (χ1n) is 10.6. The highest BCUT2D eigenvalue weighted by molar-refractivity contribution is 5.73. The SMILES string of the molecule is CC1CCC(C2CCC(C(=O)OC(C)CCC(C)OC(F)(F)F)C(F)C2)CC1. The average molecular weight is 410 g/mol. The lowest BCUT2D eigenvalue weighted by molar-refractivity contribution is -0.341. The molecule has 0 N–H and O–H groups in total. The van der Waals surface area contributed by atoms with Crippen LogP contribution in [0.2, 0.25) is 0 Å². The summed E-state index contributed by atoms with van der Waals surface area (Å²) in [6.45, 7) is 5.21. The third-order valence-electron chi connectivity index (χ3n) is 6.47. The number of rotatable bonds is 7. The van der Waals surface area contributed by atoms with Crippen LogP contribution < -0.4 is 0 Å². The van der Waals surface area contributed by atoms with Crippen molar-refractivity contribution in [3.8, 4) is 0 Å². The van der Waals surface area contributed by atoms with Crippen molar-refractivity contribution in [3.05, 3.63) is 0 Å². The molecule has 2 aliphatic carbocycles. The molecule has 0 aromatic heterocycles. The molecular weight excluding hydrogens is 376 g/mol. The van der Waals surface area contributed by atoms with Gasteiger partial charge in [0.25, 0.3) is 0 Å². The number of hydrogen-bond acceptors (Lipinski definition) is 3. The van der Waals surface area contributed by atoms with Gasteiger partial charge in [0, 0.05) is 0 Å². The Labute approximate surface area is 165 Å². The molecule has 0 bridgehead atoms. The summed E-state index contributed by atoms with van der Waals surface area (Å²) in [4.78, 5) is 12.3. The summed E-state index contributed by atoms with van der Waals surface area (Å²) in [6, 6.07) is 0. The van der Waals surface area contributed by atoms with Crippen LogP contribution >= 0.6 is 0 Å². The molecule has 2 saturated carbocycles. The van der Waals surface area contributed by atoms with Crippen molar-refractivity contribution < 1.29 is 31.8 Å². The van der Waals surface area contributed by atoms with Crippen molar-refractivity contribution in [1.29, 1.82) is 0 Å². The van der Waals surface area contributed by atoms with E-state index in [0.717, 1.165) is 25.2 Å². The van der Waals surface area contributed by atoms with Crippen molar-refractivity contribution in [2.45, 2.75) is 103 Å². The smallest absolute Gasteiger partial charge is 0.462 e. The molecule has 0 spiro atoms. The molecule has 2 aliphatic rings. The van der Waals surface area contributed by atoms with Gasteiger partial charge in [0.05, 0.1) is 18.1 Å². The molecule has 2 fully saturated rings. The Morgan fingerprint density at radius 2 is 1.54 bits per heavy atom. The average Bonchev–Trinajstić information content (AvgIpc) is 2.59. The summed E-state index contributed by atoms with van der Waals surface area (Å²) in [6.07, 6.45) is -0.581. The minimum Gasteiger partial charge on any atom is -0.462 e. The highest BCUT2D eigenvalue weighted by Gasteiger charge is 2.40. The highest BCUT2D eigenvalue weighted by Crippen LogP contribution is 2.42. The van der Waals surface area contributed by atoms with Gasteiger partial charge in [-0.2, -0.15) is 0 Å². The summed E-state index contributed by atoms with van der Waals surface area (Å²) < 4.78 is 60.4. The molecule has 0 aromatic carbocycles. The monoisotopic (exact) mass is 410 g/mol. The number of alkyl halides is 4. The van der Waals surface area contributed by atoms with Crippen LogP contribution in [0.4, 0.5) is 17.6 Å². The quantitative estimate of drug-likeness (QED) is 0.370. The highest BCUT2D eigenvalue weighted by atomic mass is 19.4. The first-order valence-corrected chi connectivity index (χ1v) is 10.6. The Bertz CT molecular complexity index is 489. The van der Waals surface area contributed by atoms with E-state index in [0.29, 0.717) is 24.7 Å². The number of hydrogen-bond donors (Lipinski definition) is 0. The molecular formula is C21H34F4O3. The van der Waals surface area contributed by atoms with Crippen LogP contribution in [0.15, 0.2) is 0 Å². The fourth-order valence-corrected chi connectivity index (χ4v) is 4.70. The van der Waals surface area contributed by atoms with Gasteiger partial charge >= 0.3 is 12.3 Å². The Morgan fingerprint density at radius 1 is 0.964 bits per heavy atom. The second-order valence-electron chi connectivity index (χ2n) is 8.91. The summed E-state index contributed by atoms with van der Waals surface area (Å²) in [5, 5.41) is 0. The summed E-state index contributed by atoms with van der Waals surface area (Å²) in [7, 11) is 0. The van der Waals surface area contributed by atoms with Crippen LogP contribution in [0.25, 0.3) is 0 Å². The molecule has 2 rings (SSSR count). The molecule has 0 saturated heterocycles. The molecule has 5 unspecified atom stereocenters. The number of halogens is 4. The Morgan fingerprint density at radius 3 is 2.11 bits per heavy atom. The van der Waals surface area contributed by atoms with Gasteiger partial charge in [0.2, 0.25) is 0 Å². The van der Waals surface area contributed by atoms with Gasteiger partial charge in [-0.05, 0) is 76.5 Å². The standard InChI is InChI=1S/C21H34F4O3/c1-13-4-8-16(9-5-13)17-10-11-18(19(22)12-17)20(26)27-14(2)6-7-15(3)28-21(23,24)25/h13-19H,4-12H2,1-3H3. The zero-order chi connectivity index (χ0) is 20.9. The number of carbonyl (C=O) groups excluding carboxylic acids is 1. The molecule has 3 nitrogen and oxygen atoms in total. The van der Waals surface area contributed by atoms with E-state index >= 15 is 0 Å². The largest absolute Gasteiger partial charge is 0.522 e. The summed E-state index contributed by atoms with van der Waals surface area (Å²) in [5.74, 6) is 0.379. The zero-order valence-corrected chi connectivity index (χ0v) is 17.1. The Hall–Kier alpha value is -0.850. The molecule has 7 heteroatoms. The molecule has 28 heavy (non-hydrogen) atoms. The van der Waals surface area contributed by atoms with E-state index in [1.807, 2.05) is 0 Å². The molecule has 0 heterocycles. The van der Waals surface area contributed by atoms with Crippen molar-refractivity contribution in [2.75, 3.05) is 0 Å². The predicted octanol–water partition coefficient (Wildman–Crippen LogP) is 6.20. The van der Waals surface area contributed by atoms with Gasteiger partial charge in [-0.1, -0.05) is 19.8 Å². The first-order chi connectivity index (χ1) is 13.0. The topological polar surface area (TPSA) is 35.5 Å². The van der Waals surface area contributed by atoms with Gasteiger partial charge < -0.3 is 4.74 Å². The number of esters is 1. The maximum Gasteiger partial charge on any atom is 0.522 e. The van der Waals surface area contributed by atoms with Crippen LogP contribution in [-0.2, 0) is 14.3 Å². The zero-order valence-electron chi connectivity index (χ0n) is 17.1. The molecule has 0 amide bonds. The van der Waals surface area contributed by atoms with Gasteiger partial charge in [0.1, 0.15) is 6.17 Å². The van der Waals surface area contributed by atoms with Crippen molar-refractivity contribution >= 4 is 5.97 Å². The van der Waals surface area contributed by atoms with Gasteiger partial charge in [0.15, 0.2) is 0 Å². The van der Waals surface area contributed by atoms with E-state index < -0.39 is 36.6 Å². The minimum absolute atomic E-state index is 0.111. The number of ether oxygens (including phenoxy) is 2. The van der Waals surface area contributed by atoms with E-state index in [4.69, 9.17) is 4.74 Å². The molecule has 0 aromatic rings. The third-order valence-corrected chi connectivity index (χ3v) is 6.47. The molecule has 164 valence electrons. The Balaban J connectivity index is 1.72. The summed E-state index contributed by atoms with van der Waals surface area (Å²) in [5.41, 5.74) is 0. The van der Waals surface area contributed by atoms with Crippen LogP contribution in [-0.4, -0.2) is 30.7 Å². The number of carbonyl (C=O) groups is 1. The first kappa shape index (κ1) is 23.4. The van der Waals surface area contributed by atoms with Crippen LogP contribution in [0, 0.1) is 23.7 Å². The van der Waals surface area contributed by atoms with E-state index in [1.165, 1.54) is 19.8 Å². The second kappa shape index (κ2) is 10.3. The van der Waals surface area contributed by atoms with Crippen molar-refractivity contribution in [3.63, 3.8) is 0 Å². The maximum absolute atomic E-state index is 14.7. The second-order valence-corrected chi connectivity index (χ2v) is 8.91. The molecule has 0 radical (unpaired) electrons. The Kier molecular flexibility index (Phi) is 8.59. The van der Waals surface area contributed by atoms with Crippen molar-refractivity contribution in [1.82, 2.24) is 0 Å². The van der Waals surface area contributed by atoms with Gasteiger partial charge in [-0.15, -0.1) is 13.2 Å².